The summed E-state index contributed by atoms with van der Waals surface area (Å²) in [6, 6.07) is 7.76. The zero-order valence-electron chi connectivity index (χ0n) is 11.5. The first-order valence-corrected chi connectivity index (χ1v) is 6.58. The number of anilines is 1. The molecule has 7 heteroatoms. The summed E-state index contributed by atoms with van der Waals surface area (Å²) in [5.41, 5.74) is 0.463. The number of benzene rings is 2. The molecule has 2 aromatic rings. The zero-order valence-corrected chi connectivity index (χ0v) is 12.3. The summed E-state index contributed by atoms with van der Waals surface area (Å²) in [6.07, 6.45) is 0. The van der Waals surface area contributed by atoms with Crippen LogP contribution in [-0.4, -0.2) is 19.6 Å². The maximum atomic E-state index is 13.0. The summed E-state index contributed by atoms with van der Waals surface area (Å²) < 4.78 is 35.8. The molecular formula is C15H12ClF2NO3. The van der Waals surface area contributed by atoms with E-state index < -0.39 is 17.5 Å². The Labute approximate surface area is 130 Å². The SMILES string of the molecule is COc1ccc(NC(=O)COc2ccc(F)c(F)c2)cc1Cl. The molecule has 0 aliphatic carbocycles. The molecule has 0 unspecified atom stereocenters. The van der Waals surface area contributed by atoms with Gasteiger partial charge in [-0.1, -0.05) is 11.6 Å². The standard InChI is InChI=1S/C15H12ClF2NO3/c1-21-14-5-2-9(6-11(14)16)19-15(20)8-22-10-3-4-12(17)13(18)7-10/h2-7H,8H2,1H3,(H,19,20). The van der Waals surface area contributed by atoms with Crippen LogP contribution in [0.2, 0.25) is 5.02 Å². The van der Waals surface area contributed by atoms with Gasteiger partial charge in [0, 0.05) is 11.8 Å². The van der Waals surface area contributed by atoms with Crippen molar-refractivity contribution >= 4 is 23.2 Å². The van der Waals surface area contributed by atoms with Gasteiger partial charge in [-0.15, -0.1) is 0 Å². The fraction of sp³-hybridized carbons (Fsp3) is 0.133. The molecule has 0 spiro atoms. The van der Waals surface area contributed by atoms with Crippen LogP contribution in [0.4, 0.5) is 14.5 Å². The molecule has 22 heavy (non-hydrogen) atoms. The first-order valence-electron chi connectivity index (χ1n) is 6.21. The Hall–Kier alpha value is -2.34. The summed E-state index contributed by atoms with van der Waals surface area (Å²) >= 11 is 5.93. The minimum atomic E-state index is -1.04. The number of hydrogen-bond donors (Lipinski definition) is 1. The molecule has 0 saturated carbocycles. The molecule has 0 fully saturated rings. The number of carbonyl (C=O) groups excluding carboxylic acids is 1. The average Bonchev–Trinajstić information content (AvgIpc) is 2.49. The largest absolute Gasteiger partial charge is 0.495 e. The van der Waals surface area contributed by atoms with E-state index in [4.69, 9.17) is 21.1 Å². The Bertz CT molecular complexity index is 694. The van der Waals surface area contributed by atoms with Crippen molar-refractivity contribution in [2.75, 3.05) is 19.0 Å². The van der Waals surface area contributed by atoms with Crippen molar-refractivity contribution in [3.05, 3.63) is 53.1 Å². The van der Waals surface area contributed by atoms with E-state index in [9.17, 15) is 13.6 Å². The predicted molar refractivity (Wildman–Crippen MR) is 78.5 cm³/mol. The third kappa shape index (κ3) is 4.08. The molecule has 0 radical (unpaired) electrons. The van der Waals surface area contributed by atoms with Crippen molar-refractivity contribution in [3.63, 3.8) is 0 Å². The number of methoxy groups -OCH3 is 1. The lowest BCUT2D eigenvalue weighted by Gasteiger charge is -2.09. The molecule has 116 valence electrons. The number of rotatable bonds is 5. The minimum Gasteiger partial charge on any atom is -0.495 e. The van der Waals surface area contributed by atoms with Crippen LogP contribution in [0, 0.1) is 11.6 Å². The van der Waals surface area contributed by atoms with Gasteiger partial charge in [0.2, 0.25) is 0 Å². The number of nitrogens with one attached hydrogen (secondary N) is 1. The predicted octanol–water partition coefficient (Wildman–Crippen LogP) is 3.64. The molecule has 1 amide bonds. The van der Waals surface area contributed by atoms with Gasteiger partial charge in [-0.25, -0.2) is 8.78 Å². The minimum absolute atomic E-state index is 0.0572. The second-order valence-electron chi connectivity index (χ2n) is 4.26. The molecule has 0 aliphatic rings. The van der Waals surface area contributed by atoms with Crippen molar-refractivity contribution < 1.29 is 23.0 Å². The molecule has 0 aliphatic heterocycles. The highest BCUT2D eigenvalue weighted by molar-refractivity contribution is 6.32. The smallest absolute Gasteiger partial charge is 0.262 e. The van der Waals surface area contributed by atoms with Crippen molar-refractivity contribution in [1.82, 2.24) is 0 Å². The Morgan fingerprint density at radius 2 is 1.95 bits per heavy atom. The van der Waals surface area contributed by atoms with E-state index in [1.165, 1.54) is 19.2 Å². The van der Waals surface area contributed by atoms with Gasteiger partial charge in [-0.3, -0.25) is 4.79 Å². The number of amides is 1. The highest BCUT2D eigenvalue weighted by Gasteiger charge is 2.08. The first kappa shape index (κ1) is 16.0. The molecule has 2 rings (SSSR count). The van der Waals surface area contributed by atoms with Gasteiger partial charge >= 0.3 is 0 Å². The molecule has 0 saturated heterocycles. The van der Waals surface area contributed by atoms with Crippen molar-refractivity contribution in [3.8, 4) is 11.5 Å². The van der Waals surface area contributed by atoms with Gasteiger partial charge in [-0.05, 0) is 30.3 Å². The fourth-order valence-corrected chi connectivity index (χ4v) is 1.91. The van der Waals surface area contributed by atoms with Crippen LogP contribution in [0.1, 0.15) is 0 Å². The highest BCUT2D eigenvalue weighted by atomic mass is 35.5. The van der Waals surface area contributed by atoms with Gasteiger partial charge in [0.05, 0.1) is 12.1 Å². The topological polar surface area (TPSA) is 47.6 Å². The van der Waals surface area contributed by atoms with Crippen LogP contribution < -0.4 is 14.8 Å². The van der Waals surface area contributed by atoms with Crippen LogP contribution in [-0.2, 0) is 4.79 Å². The lowest BCUT2D eigenvalue weighted by Crippen LogP contribution is -2.20. The third-order valence-electron chi connectivity index (χ3n) is 2.70. The zero-order chi connectivity index (χ0) is 16.1. The number of halogens is 3. The summed E-state index contributed by atoms with van der Waals surface area (Å²) in [5, 5.41) is 2.91. The van der Waals surface area contributed by atoms with Gasteiger partial charge in [0.15, 0.2) is 18.2 Å². The van der Waals surface area contributed by atoms with Crippen LogP contribution in [0.5, 0.6) is 11.5 Å². The van der Waals surface area contributed by atoms with E-state index in [0.29, 0.717) is 16.5 Å². The molecule has 4 nitrogen and oxygen atoms in total. The lowest BCUT2D eigenvalue weighted by molar-refractivity contribution is -0.118. The van der Waals surface area contributed by atoms with E-state index in [1.54, 1.807) is 12.1 Å². The van der Waals surface area contributed by atoms with Crippen LogP contribution >= 0.6 is 11.6 Å². The maximum absolute atomic E-state index is 13.0. The van der Waals surface area contributed by atoms with E-state index in [2.05, 4.69) is 5.32 Å². The summed E-state index contributed by atoms with van der Waals surface area (Å²) in [5.74, 6) is -1.95. The molecule has 2 aromatic carbocycles. The van der Waals surface area contributed by atoms with Crippen molar-refractivity contribution in [1.29, 1.82) is 0 Å². The first-order chi connectivity index (χ1) is 10.5. The number of ether oxygens (including phenoxy) is 2. The molecule has 1 N–H and O–H groups in total. The van der Waals surface area contributed by atoms with Crippen LogP contribution in [0.3, 0.4) is 0 Å². The van der Waals surface area contributed by atoms with E-state index in [1.807, 2.05) is 0 Å². The van der Waals surface area contributed by atoms with E-state index in [0.717, 1.165) is 12.1 Å². The third-order valence-corrected chi connectivity index (χ3v) is 2.99. The lowest BCUT2D eigenvalue weighted by atomic mass is 10.3. The van der Waals surface area contributed by atoms with Crippen LogP contribution in [0.25, 0.3) is 0 Å². The molecule has 0 heterocycles. The van der Waals surface area contributed by atoms with Gasteiger partial charge in [0.1, 0.15) is 11.5 Å². The second-order valence-corrected chi connectivity index (χ2v) is 4.67. The Kier molecular flexibility index (Phi) is 5.16. The van der Waals surface area contributed by atoms with Gasteiger partial charge < -0.3 is 14.8 Å². The fourth-order valence-electron chi connectivity index (χ4n) is 1.66. The number of hydrogen-bond acceptors (Lipinski definition) is 3. The maximum Gasteiger partial charge on any atom is 0.262 e. The monoisotopic (exact) mass is 327 g/mol. The number of carbonyl (C=O) groups is 1. The Morgan fingerprint density at radius 3 is 2.59 bits per heavy atom. The van der Waals surface area contributed by atoms with E-state index in [-0.39, 0.29) is 12.4 Å². The normalized spacial score (nSPS) is 10.2. The molecular weight excluding hydrogens is 316 g/mol. The summed E-state index contributed by atoms with van der Waals surface area (Å²) in [6.45, 7) is -0.352. The van der Waals surface area contributed by atoms with E-state index >= 15 is 0 Å². The van der Waals surface area contributed by atoms with Gasteiger partial charge in [-0.2, -0.15) is 0 Å². The summed E-state index contributed by atoms with van der Waals surface area (Å²) in [4.78, 5) is 11.7. The summed E-state index contributed by atoms with van der Waals surface area (Å²) in [7, 11) is 1.48. The Balaban J connectivity index is 1.92. The van der Waals surface area contributed by atoms with Crippen molar-refractivity contribution in [2.24, 2.45) is 0 Å². The molecule has 0 atom stereocenters. The second kappa shape index (κ2) is 7.09. The van der Waals surface area contributed by atoms with Gasteiger partial charge in [0.25, 0.3) is 5.91 Å². The Morgan fingerprint density at radius 1 is 1.18 bits per heavy atom. The quantitative estimate of drug-likeness (QED) is 0.912. The van der Waals surface area contributed by atoms with Crippen molar-refractivity contribution in [2.45, 2.75) is 0 Å². The average molecular weight is 328 g/mol. The van der Waals surface area contributed by atoms with Crippen LogP contribution in [0.15, 0.2) is 36.4 Å². The molecule has 0 aromatic heterocycles. The molecule has 0 bridgehead atoms. The highest BCUT2D eigenvalue weighted by Crippen LogP contribution is 2.27.